The Hall–Kier alpha value is -3.02. The molecule has 0 spiro atoms. The molecule has 0 saturated carbocycles. The molecule has 0 aliphatic carbocycles. The van der Waals surface area contributed by atoms with Gasteiger partial charge in [-0.3, -0.25) is 4.79 Å². The summed E-state index contributed by atoms with van der Waals surface area (Å²) in [5, 5.41) is 11.5. The molecule has 130 valence electrons. The number of carbonyl (C=O) groups excluding carboxylic acids is 1. The maximum absolute atomic E-state index is 12.5. The molecule has 1 heterocycles. The Labute approximate surface area is 145 Å². The molecule has 3 rings (SSSR count). The van der Waals surface area contributed by atoms with Crippen LogP contribution in [0.1, 0.15) is 11.1 Å². The van der Waals surface area contributed by atoms with Crippen LogP contribution in [0, 0.1) is 12.8 Å². The maximum atomic E-state index is 12.5. The zero-order valence-electron chi connectivity index (χ0n) is 13.8. The minimum absolute atomic E-state index is 0.100. The third-order valence-electron chi connectivity index (χ3n) is 4.07. The van der Waals surface area contributed by atoms with E-state index in [4.69, 9.17) is 14.6 Å². The summed E-state index contributed by atoms with van der Waals surface area (Å²) in [5.41, 5.74) is 2.50. The number of rotatable bonds is 5. The van der Waals surface area contributed by atoms with Crippen LogP contribution in [0.5, 0.6) is 11.5 Å². The summed E-state index contributed by atoms with van der Waals surface area (Å²) in [7, 11) is 0. The second-order valence-electron chi connectivity index (χ2n) is 5.97. The van der Waals surface area contributed by atoms with Gasteiger partial charge in [0, 0.05) is 5.69 Å². The molecule has 2 aromatic carbocycles. The van der Waals surface area contributed by atoms with E-state index in [1.54, 1.807) is 18.2 Å². The molecule has 25 heavy (non-hydrogen) atoms. The zero-order chi connectivity index (χ0) is 17.8. The lowest BCUT2D eigenvalue weighted by Gasteiger charge is -2.24. The number of benzene rings is 2. The lowest BCUT2D eigenvalue weighted by atomic mass is 9.96. The number of para-hydroxylation sites is 1. The van der Waals surface area contributed by atoms with Crippen molar-refractivity contribution in [3.63, 3.8) is 0 Å². The van der Waals surface area contributed by atoms with Crippen molar-refractivity contribution in [3.8, 4) is 11.5 Å². The van der Waals surface area contributed by atoms with Gasteiger partial charge in [0.1, 0.15) is 18.1 Å². The predicted octanol–water partition coefficient (Wildman–Crippen LogP) is 2.65. The van der Waals surface area contributed by atoms with E-state index in [1.807, 2.05) is 31.2 Å². The molecule has 1 aliphatic rings. The first-order valence-corrected chi connectivity index (χ1v) is 8.00. The summed E-state index contributed by atoms with van der Waals surface area (Å²) < 4.78 is 10.8. The van der Waals surface area contributed by atoms with Crippen LogP contribution in [-0.4, -0.2) is 30.2 Å². The van der Waals surface area contributed by atoms with Crippen LogP contribution in [0.25, 0.3) is 0 Å². The number of hydrogen-bond acceptors (Lipinski definition) is 4. The fourth-order valence-corrected chi connectivity index (χ4v) is 2.74. The average molecular weight is 341 g/mol. The molecule has 0 radical (unpaired) electrons. The number of carboxylic acids is 1. The highest BCUT2D eigenvalue weighted by Gasteiger charge is 2.26. The molecule has 0 fully saturated rings. The van der Waals surface area contributed by atoms with Crippen molar-refractivity contribution in [1.29, 1.82) is 0 Å². The molecule has 6 heteroatoms. The summed E-state index contributed by atoms with van der Waals surface area (Å²) >= 11 is 0. The maximum Gasteiger partial charge on any atom is 0.341 e. The molecule has 2 N–H and O–H groups in total. The van der Waals surface area contributed by atoms with Crippen molar-refractivity contribution in [2.75, 3.05) is 18.5 Å². The van der Waals surface area contributed by atoms with Crippen molar-refractivity contribution < 1.29 is 24.2 Å². The molecule has 1 amide bonds. The van der Waals surface area contributed by atoms with Gasteiger partial charge < -0.3 is 19.9 Å². The summed E-state index contributed by atoms with van der Waals surface area (Å²) in [5.74, 6) is -0.0999. The van der Waals surface area contributed by atoms with Gasteiger partial charge >= 0.3 is 5.97 Å². The predicted molar refractivity (Wildman–Crippen MR) is 92.1 cm³/mol. The summed E-state index contributed by atoms with van der Waals surface area (Å²) in [6.45, 7) is 1.78. The van der Waals surface area contributed by atoms with Crippen LogP contribution in [0.3, 0.4) is 0 Å². The second kappa shape index (κ2) is 7.25. The fraction of sp³-hybridized carbons (Fsp3) is 0.263. The summed E-state index contributed by atoms with van der Waals surface area (Å²) in [6, 6.07) is 12.8. The molecule has 1 unspecified atom stereocenters. The summed E-state index contributed by atoms with van der Waals surface area (Å²) in [6.07, 6.45) is 0.640. The van der Waals surface area contributed by atoms with E-state index in [0.29, 0.717) is 24.5 Å². The van der Waals surface area contributed by atoms with Gasteiger partial charge in [0.25, 0.3) is 0 Å². The number of hydrogen-bond donors (Lipinski definition) is 2. The Morgan fingerprint density at radius 2 is 2.08 bits per heavy atom. The van der Waals surface area contributed by atoms with Crippen molar-refractivity contribution in [2.45, 2.75) is 13.3 Å². The lowest BCUT2D eigenvalue weighted by Crippen LogP contribution is -2.32. The number of aryl methyl sites for hydroxylation is 1. The van der Waals surface area contributed by atoms with Crippen molar-refractivity contribution in [2.24, 2.45) is 5.92 Å². The highest BCUT2D eigenvalue weighted by atomic mass is 16.5. The zero-order valence-corrected chi connectivity index (χ0v) is 13.8. The van der Waals surface area contributed by atoms with E-state index in [0.717, 1.165) is 16.9 Å². The van der Waals surface area contributed by atoms with Crippen LogP contribution < -0.4 is 14.8 Å². The minimum Gasteiger partial charge on any atom is -0.492 e. The Morgan fingerprint density at radius 3 is 2.84 bits per heavy atom. The first kappa shape index (κ1) is 16.8. The number of nitrogens with one attached hydrogen (secondary N) is 1. The molecule has 1 aliphatic heterocycles. The molecule has 2 aromatic rings. The Bertz CT molecular complexity index is 802. The van der Waals surface area contributed by atoms with Gasteiger partial charge in [-0.15, -0.1) is 0 Å². The number of carbonyl (C=O) groups is 2. The van der Waals surface area contributed by atoms with E-state index in [9.17, 15) is 9.59 Å². The van der Waals surface area contributed by atoms with Crippen molar-refractivity contribution in [1.82, 2.24) is 0 Å². The molecule has 0 bridgehead atoms. The monoisotopic (exact) mass is 341 g/mol. The third kappa shape index (κ3) is 4.09. The SMILES string of the molecule is Cc1cc(OCC(=O)O)ccc1NC(=O)C1COc2ccccc2C1. The van der Waals surface area contributed by atoms with Crippen LogP contribution in [-0.2, 0) is 16.0 Å². The normalized spacial score (nSPS) is 15.6. The summed E-state index contributed by atoms with van der Waals surface area (Å²) in [4.78, 5) is 23.1. The number of carboxylic acid groups (broad SMARTS) is 1. The van der Waals surface area contributed by atoms with Gasteiger partial charge in [-0.25, -0.2) is 4.79 Å². The number of anilines is 1. The van der Waals surface area contributed by atoms with E-state index in [2.05, 4.69) is 5.32 Å². The number of ether oxygens (including phenoxy) is 2. The third-order valence-corrected chi connectivity index (χ3v) is 4.07. The molecule has 0 saturated heterocycles. The largest absolute Gasteiger partial charge is 0.492 e. The number of amides is 1. The molecule has 1 atom stereocenters. The Kier molecular flexibility index (Phi) is 4.88. The lowest BCUT2D eigenvalue weighted by molar-refractivity contribution is -0.139. The fourth-order valence-electron chi connectivity index (χ4n) is 2.74. The standard InChI is InChI=1S/C19H19NO5/c1-12-8-15(24-11-18(21)22)6-7-16(12)20-19(23)14-9-13-4-2-3-5-17(13)25-10-14/h2-8,14H,9-11H2,1H3,(H,20,23)(H,21,22). The average Bonchev–Trinajstić information content (AvgIpc) is 2.61. The van der Waals surface area contributed by atoms with E-state index < -0.39 is 12.6 Å². The first-order chi connectivity index (χ1) is 12.0. The minimum atomic E-state index is -1.03. The van der Waals surface area contributed by atoms with Gasteiger partial charge in [-0.1, -0.05) is 18.2 Å². The van der Waals surface area contributed by atoms with Gasteiger partial charge in [-0.05, 0) is 48.7 Å². The van der Waals surface area contributed by atoms with Gasteiger partial charge in [0.15, 0.2) is 6.61 Å². The van der Waals surface area contributed by atoms with Crippen LogP contribution in [0.4, 0.5) is 5.69 Å². The van der Waals surface area contributed by atoms with E-state index in [-0.39, 0.29) is 11.8 Å². The topological polar surface area (TPSA) is 84.9 Å². The first-order valence-electron chi connectivity index (χ1n) is 8.00. The van der Waals surface area contributed by atoms with E-state index >= 15 is 0 Å². The smallest absolute Gasteiger partial charge is 0.341 e. The van der Waals surface area contributed by atoms with Gasteiger partial charge in [0.05, 0.1) is 5.92 Å². The highest BCUT2D eigenvalue weighted by molar-refractivity contribution is 5.93. The highest BCUT2D eigenvalue weighted by Crippen LogP contribution is 2.28. The molecule has 0 aromatic heterocycles. The molecule has 6 nitrogen and oxygen atoms in total. The Balaban J connectivity index is 1.64. The quantitative estimate of drug-likeness (QED) is 0.873. The van der Waals surface area contributed by atoms with Gasteiger partial charge in [0.2, 0.25) is 5.91 Å². The molecular weight excluding hydrogens is 322 g/mol. The van der Waals surface area contributed by atoms with Crippen LogP contribution >= 0.6 is 0 Å². The van der Waals surface area contributed by atoms with E-state index in [1.165, 1.54) is 0 Å². The Morgan fingerprint density at radius 1 is 1.28 bits per heavy atom. The second-order valence-corrected chi connectivity index (χ2v) is 5.97. The van der Waals surface area contributed by atoms with Crippen LogP contribution in [0.2, 0.25) is 0 Å². The molecular formula is C19H19NO5. The van der Waals surface area contributed by atoms with Crippen molar-refractivity contribution in [3.05, 3.63) is 53.6 Å². The van der Waals surface area contributed by atoms with Crippen LogP contribution in [0.15, 0.2) is 42.5 Å². The van der Waals surface area contributed by atoms with Crippen molar-refractivity contribution >= 4 is 17.6 Å². The van der Waals surface area contributed by atoms with Gasteiger partial charge in [-0.2, -0.15) is 0 Å². The number of fused-ring (bicyclic) bond motifs is 1. The number of aliphatic carboxylic acids is 1.